The largest absolute Gasteiger partial charge is 0.390 e. The summed E-state index contributed by atoms with van der Waals surface area (Å²) in [6.45, 7) is 1.74. The van der Waals surface area contributed by atoms with Gasteiger partial charge >= 0.3 is 0 Å². The number of anilines is 1. The molecule has 2 heterocycles. The maximum Gasteiger partial charge on any atom is 0.270 e. The van der Waals surface area contributed by atoms with E-state index in [-0.39, 0.29) is 17.8 Å². The van der Waals surface area contributed by atoms with E-state index in [4.69, 9.17) is 4.98 Å². The number of pyridine rings is 1. The van der Waals surface area contributed by atoms with Crippen molar-refractivity contribution < 1.29 is 14.3 Å². The molecule has 7 rings (SSSR count). The molecule has 4 bridgehead atoms. The van der Waals surface area contributed by atoms with Gasteiger partial charge in [0.05, 0.1) is 5.60 Å². The quantitative estimate of drug-likeness (QED) is 0.732. The lowest BCUT2D eigenvalue weighted by atomic mass is 9.52. The molecule has 5 aliphatic rings. The minimum atomic E-state index is -0.490. The summed E-state index contributed by atoms with van der Waals surface area (Å²) >= 11 is 0. The molecule has 1 aliphatic heterocycles. The van der Waals surface area contributed by atoms with Crippen molar-refractivity contribution in [1.82, 2.24) is 10.3 Å². The van der Waals surface area contributed by atoms with Gasteiger partial charge in [-0.1, -0.05) is 18.2 Å². The first-order valence-corrected chi connectivity index (χ1v) is 12.5. The Morgan fingerprint density at radius 1 is 1.03 bits per heavy atom. The summed E-state index contributed by atoms with van der Waals surface area (Å²) in [5, 5.41) is 14.1. The highest BCUT2D eigenvalue weighted by Crippen LogP contribution is 2.55. The molecule has 174 valence electrons. The van der Waals surface area contributed by atoms with Gasteiger partial charge in [-0.3, -0.25) is 4.79 Å². The predicted octanol–water partition coefficient (Wildman–Crippen LogP) is 4.27. The third-order valence-electron chi connectivity index (χ3n) is 8.67. The molecule has 4 saturated carbocycles. The van der Waals surface area contributed by atoms with Crippen LogP contribution in [0.15, 0.2) is 42.5 Å². The van der Waals surface area contributed by atoms with Gasteiger partial charge in [0.1, 0.15) is 17.3 Å². The van der Waals surface area contributed by atoms with Gasteiger partial charge < -0.3 is 15.3 Å². The van der Waals surface area contributed by atoms with Crippen LogP contribution in [0.5, 0.6) is 0 Å². The van der Waals surface area contributed by atoms with E-state index in [9.17, 15) is 14.3 Å². The molecule has 0 radical (unpaired) electrons. The smallest absolute Gasteiger partial charge is 0.270 e. The molecule has 0 spiro atoms. The summed E-state index contributed by atoms with van der Waals surface area (Å²) < 4.78 is 13.2. The van der Waals surface area contributed by atoms with Crippen LogP contribution >= 0.6 is 0 Å². The van der Waals surface area contributed by atoms with E-state index in [0.717, 1.165) is 63.9 Å². The number of hydrogen-bond donors (Lipinski definition) is 2. The number of benzene rings is 1. The number of halogens is 1. The number of carbonyl (C=O) groups is 1. The molecule has 2 unspecified atom stereocenters. The van der Waals surface area contributed by atoms with E-state index in [1.165, 1.54) is 17.7 Å². The van der Waals surface area contributed by atoms with Gasteiger partial charge in [-0.05, 0) is 98.4 Å². The number of hydrogen-bond acceptors (Lipinski definition) is 4. The number of carbonyl (C=O) groups excluding carboxylic acids is 1. The lowest BCUT2D eigenvalue weighted by molar-refractivity contribution is -0.136. The first-order valence-electron chi connectivity index (χ1n) is 12.5. The van der Waals surface area contributed by atoms with E-state index in [0.29, 0.717) is 29.4 Å². The fraction of sp³-hybridized carbons (Fsp3) is 0.556. The van der Waals surface area contributed by atoms with Crippen LogP contribution in [0.3, 0.4) is 0 Å². The zero-order valence-electron chi connectivity index (χ0n) is 18.9. The van der Waals surface area contributed by atoms with Gasteiger partial charge in [-0.15, -0.1) is 0 Å². The Hall–Kier alpha value is -2.47. The molecule has 1 saturated heterocycles. The fourth-order valence-electron chi connectivity index (χ4n) is 7.35. The molecule has 6 heteroatoms. The predicted molar refractivity (Wildman–Crippen MR) is 125 cm³/mol. The number of piperidine rings is 1. The van der Waals surface area contributed by atoms with Gasteiger partial charge in [-0.25, -0.2) is 9.37 Å². The minimum absolute atomic E-state index is 0.0949. The molecule has 5 fully saturated rings. The van der Waals surface area contributed by atoms with Gasteiger partial charge in [0.2, 0.25) is 0 Å². The highest BCUT2D eigenvalue weighted by Gasteiger charge is 2.55. The van der Waals surface area contributed by atoms with Crippen molar-refractivity contribution in [3.63, 3.8) is 0 Å². The Balaban J connectivity index is 1.10. The Morgan fingerprint density at radius 2 is 1.73 bits per heavy atom. The van der Waals surface area contributed by atoms with Crippen molar-refractivity contribution in [2.45, 2.75) is 62.5 Å². The first kappa shape index (κ1) is 21.1. The number of nitrogens with zero attached hydrogens (tertiary/aromatic N) is 2. The third-order valence-corrected chi connectivity index (χ3v) is 8.67. The second-order valence-electron chi connectivity index (χ2n) is 10.9. The second-order valence-corrected chi connectivity index (χ2v) is 10.9. The topological polar surface area (TPSA) is 65.5 Å². The maximum atomic E-state index is 13.2. The average Bonchev–Trinajstić information content (AvgIpc) is 2.81. The molecule has 33 heavy (non-hydrogen) atoms. The molecule has 1 amide bonds. The molecular formula is C27H32FN3O2. The zero-order valence-corrected chi connectivity index (χ0v) is 18.9. The van der Waals surface area contributed by atoms with Gasteiger partial charge in [0.15, 0.2) is 0 Å². The fourth-order valence-corrected chi connectivity index (χ4v) is 7.35. The molecule has 5 nitrogen and oxygen atoms in total. The van der Waals surface area contributed by atoms with Crippen LogP contribution in [0.2, 0.25) is 0 Å². The average molecular weight is 450 g/mol. The van der Waals surface area contributed by atoms with Crippen molar-refractivity contribution in [3.8, 4) is 0 Å². The summed E-state index contributed by atoms with van der Waals surface area (Å²) in [6.07, 6.45) is 6.81. The number of aliphatic hydroxyl groups is 1. The van der Waals surface area contributed by atoms with Gasteiger partial charge in [0, 0.05) is 19.1 Å². The van der Waals surface area contributed by atoms with Crippen LogP contribution in [0.25, 0.3) is 0 Å². The lowest BCUT2D eigenvalue weighted by Crippen LogP contribution is -2.61. The maximum absolute atomic E-state index is 13.2. The van der Waals surface area contributed by atoms with Crippen molar-refractivity contribution in [3.05, 3.63) is 59.5 Å². The van der Waals surface area contributed by atoms with E-state index in [2.05, 4.69) is 10.2 Å². The van der Waals surface area contributed by atoms with Crippen molar-refractivity contribution in [2.24, 2.45) is 17.8 Å². The lowest BCUT2D eigenvalue weighted by Gasteiger charge is -2.58. The summed E-state index contributed by atoms with van der Waals surface area (Å²) in [4.78, 5) is 20.1. The summed E-state index contributed by atoms with van der Waals surface area (Å²) in [7, 11) is 0. The number of aromatic nitrogens is 1. The molecule has 2 N–H and O–H groups in total. The van der Waals surface area contributed by atoms with Gasteiger partial charge in [-0.2, -0.15) is 0 Å². The minimum Gasteiger partial charge on any atom is -0.390 e. The molecular weight excluding hydrogens is 417 g/mol. The molecule has 2 atom stereocenters. The van der Waals surface area contributed by atoms with Crippen LogP contribution in [-0.4, -0.2) is 40.7 Å². The van der Waals surface area contributed by atoms with Crippen LogP contribution in [0, 0.1) is 23.6 Å². The van der Waals surface area contributed by atoms with Crippen LogP contribution in [0.1, 0.15) is 66.9 Å². The second kappa shape index (κ2) is 8.08. The van der Waals surface area contributed by atoms with E-state index in [1.54, 1.807) is 6.07 Å². The van der Waals surface area contributed by atoms with Crippen LogP contribution in [-0.2, 0) is 0 Å². The highest BCUT2D eigenvalue weighted by atomic mass is 19.1. The Labute approximate surface area is 194 Å². The van der Waals surface area contributed by atoms with Crippen LogP contribution in [0.4, 0.5) is 10.2 Å². The molecule has 1 aromatic heterocycles. The standard InChI is InChI=1S/C27H32FN3O2/c28-22-6-4-18(5-7-22)19-8-10-31(11-9-19)24-3-1-2-23(29-24)26(32)30-25-20-12-17-13-21(25)16-27(33,14-17)15-20/h1-7,17,19-21,25,33H,8-16H2,(H,30,32)/t17?,20?,21?,25-,27-. The number of rotatable bonds is 4. The summed E-state index contributed by atoms with van der Waals surface area (Å²) in [5.41, 5.74) is 1.17. The van der Waals surface area contributed by atoms with Crippen molar-refractivity contribution in [1.29, 1.82) is 0 Å². The highest BCUT2D eigenvalue weighted by molar-refractivity contribution is 5.93. The SMILES string of the molecule is O=C(N[C@H]1C2CC3CC1C[C@](O)(C3)C2)c1cccc(N2CCC(c3ccc(F)cc3)CC2)n1. The normalized spacial score (nSPS) is 33.3. The van der Waals surface area contributed by atoms with Crippen molar-refractivity contribution in [2.75, 3.05) is 18.0 Å². The summed E-state index contributed by atoms with van der Waals surface area (Å²) in [6, 6.07) is 12.7. The Bertz CT molecular complexity index is 1020. The Morgan fingerprint density at radius 3 is 2.39 bits per heavy atom. The molecule has 4 aliphatic carbocycles. The van der Waals surface area contributed by atoms with E-state index < -0.39 is 5.60 Å². The number of nitrogens with one attached hydrogen (secondary N) is 1. The van der Waals surface area contributed by atoms with Gasteiger partial charge in [0.25, 0.3) is 5.91 Å². The van der Waals surface area contributed by atoms with E-state index >= 15 is 0 Å². The van der Waals surface area contributed by atoms with E-state index in [1.807, 2.05) is 24.3 Å². The van der Waals surface area contributed by atoms with Crippen LogP contribution < -0.4 is 10.2 Å². The first-order chi connectivity index (χ1) is 16.0. The third kappa shape index (κ3) is 4.03. The molecule has 2 aromatic rings. The summed E-state index contributed by atoms with van der Waals surface area (Å²) in [5.74, 6) is 2.39. The monoisotopic (exact) mass is 449 g/mol. The number of amides is 1. The van der Waals surface area contributed by atoms with Crippen molar-refractivity contribution >= 4 is 11.7 Å². The molecule has 1 aromatic carbocycles. The zero-order chi connectivity index (χ0) is 22.6. The Kier molecular flexibility index (Phi) is 5.17.